The first-order valence-electron chi connectivity index (χ1n) is 4.64. The van der Waals surface area contributed by atoms with Crippen molar-refractivity contribution in [1.29, 1.82) is 0 Å². The molecule has 0 aromatic carbocycles. The van der Waals surface area contributed by atoms with Crippen LogP contribution in [-0.2, 0) is 6.54 Å². The van der Waals surface area contributed by atoms with Crippen LogP contribution in [0.1, 0.15) is 9.75 Å². The van der Waals surface area contributed by atoms with Crippen LogP contribution < -0.4 is 5.32 Å². The lowest BCUT2D eigenvalue weighted by Crippen LogP contribution is -1.97. The summed E-state index contributed by atoms with van der Waals surface area (Å²) in [4.78, 5) is 6.57. The van der Waals surface area contributed by atoms with Crippen molar-refractivity contribution in [3.8, 4) is 0 Å². The van der Waals surface area contributed by atoms with Crippen molar-refractivity contribution in [3.63, 3.8) is 0 Å². The van der Waals surface area contributed by atoms with Crippen LogP contribution in [0.4, 0.5) is 5.69 Å². The summed E-state index contributed by atoms with van der Waals surface area (Å²) in [5.41, 5.74) is 0.928. The van der Waals surface area contributed by atoms with Crippen LogP contribution in [0.5, 0.6) is 0 Å². The zero-order valence-electron chi connectivity index (χ0n) is 8.33. The average molecular weight is 239 g/mol. The lowest BCUT2D eigenvalue weighted by Gasteiger charge is -2.05. The Morgan fingerprint density at radius 3 is 2.93 bits per heavy atom. The number of aromatic nitrogens is 1. The molecule has 0 aliphatic rings. The Labute approximate surface area is 97.9 Å². The summed E-state index contributed by atoms with van der Waals surface area (Å²) in [7, 11) is 0. The van der Waals surface area contributed by atoms with E-state index in [0.717, 1.165) is 12.2 Å². The molecule has 2 aromatic rings. The highest BCUT2D eigenvalue weighted by atomic mass is 35.5. The summed E-state index contributed by atoms with van der Waals surface area (Å²) < 4.78 is 0. The van der Waals surface area contributed by atoms with Gasteiger partial charge in [0.15, 0.2) is 0 Å². The number of thiophene rings is 1. The Balaban J connectivity index is 2.02. The molecule has 2 aromatic heterocycles. The molecule has 0 aliphatic heterocycles. The maximum Gasteiger partial charge on any atom is 0.0820 e. The Hall–Kier alpha value is -1.06. The molecule has 4 heteroatoms. The highest BCUT2D eigenvalue weighted by molar-refractivity contribution is 7.11. The molecule has 0 unspecified atom stereocenters. The number of hydrogen-bond donors (Lipinski definition) is 1. The number of aryl methyl sites for hydroxylation is 1. The summed E-state index contributed by atoms with van der Waals surface area (Å²) in [6, 6.07) is 6.13. The first-order valence-corrected chi connectivity index (χ1v) is 5.84. The summed E-state index contributed by atoms with van der Waals surface area (Å²) in [5.74, 6) is 0. The Bertz CT molecular complexity index is 453. The summed E-state index contributed by atoms with van der Waals surface area (Å²) >= 11 is 7.77. The largest absolute Gasteiger partial charge is 0.379 e. The first kappa shape index (κ1) is 10.5. The molecule has 2 heterocycles. The number of anilines is 1. The summed E-state index contributed by atoms with van der Waals surface area (Å²) in [6.07, 6.45) is 3.37. The fraction of sp³-hybridized carbons (Fsp3) is 0.182. The van der Waals surface area contributed by atoms with Gasteiger partial charge in [0.2, 0.25) is 0 Å². The Kier molecular flexibility index (Phi) is 3.23. The SMILES string of the molecule is Cc1ccc(CNc2ccncc2Cl)s1. The highest BCUT2D eigenvalue weighted by Crippen LogP contribution is 2.21. The molecule has 0 atom stereocenters. The molecular weight excluding hydrogens is 228 g/mol. The maximum atomic E-state index is 5.97. The normalized spacial score (nSPS) is 10.3. The minimum absolute atomic E-state index is 0.658. The number of nitrogens with zero attached hydrogens (tertiary/aromatic N) is 1. The van der Waals surface area contributed by atoms with Crippen LogP contribution in [0.25, 0.3) is 0 Å². The first-order chi connectivity index (χ1) is 7.25. The molecule has 0 aliphatic carbocycles. The number of nitrogens with one attached hydrogen (secondary N) is 1. The zero-order chi connectivity index (χ0) is 10.7. The van der Waals surface area contributed by atoms with Crippen molar-refractivity contribution < 1.29 is 0 Å². The highest BCUT2D eigenvalue weighted by Gasteiger charge is 2.00. The number of halogens is 1. The fourth-order valence-corrected chi connectivity index (χ4v) is 2.30. The van der Waals surface area contributed by atoms with Gasteiger partial charge in [-0.25, -0.2) is 0 Å². The van der Waals surface area contributed by atoms with Gasteiger partial charge in [0.1, 0.15) is 0 Å². The summed E-state index contributed by atoms with van der Waals surface area (Å²) in [6.45, 7) is 2.91. The third kappa shape index (κ3) is 2.70. The van der Waals surface area contributed by atoms with Gasteiger partial charge in [-0.2, -0.15) is 0 Å². The van der Waals surface area contributed by atoms with Crippen LogP contribution in [0.3, 0.4) is 0 Å². The van der Waals surface area contributed by atoms with Gasteiger partial charge in [-0.1, -0.05) is 11.6 Å². The monoisotopic (exact) mass is 238 g/mol. The molecule has 0 saturated carbocycles. The minimum Gasteiger partial charge on any atom is -0.379 e. The van der Waals surface area contributed by atoms with Crippen LogP contribution in [0.2, 0.25) is 5.02 Å². The molecule has 2 nitrogen and oxygen atoms in total. The average Bonchev–Trinajstić information content (AvgIpc) is 2.63. The number of rotatable bonds is 3. The van der Waals surface area contributed by atoms with Crippen LogP contribution in [0.15, 0.2) is 30.6 Å². The van der Waals surface area contributed by atoms with Crippen molar-refractivity contribution in [2.24, 2.45) is 0 Å². The van der Waals surface area contributed by atoms with Crippen molar-refractivity contribution in [3.05, 3.63) is 45.4 Å². The molecular formula is C11H11ClN2S. The van der Waals surface area contributed by atoms with E-state index in [-0.39, 0.29) is 0 Å². The van der Waals surface area contributed by atoms with E-state index < -0.39 is 0 Å². The molecule has 0 spiro atoms. The van der Waals surface area contributed by atoms with E-state index in [1.165, 1.54) is 9.75 Å². The van der Waals surface area contributed by atoms with Gasteiger partial charge >= 0.3 is 0 Å². The quantitative estimate of drug-likeness (QED) is 0.882. The second-order valence-electron chi connectivity index (χ2n) is 3.22. The molecule has 1 N–H and O–H groups in total. The van der Waals surface area contributed by atoms with E-state index in [2.05, 4.69) is 29.4 Å². The van der Waals surface area contributed by atoms with E-state index in [1.807, 2.05) is 6.07 Å². The van der Waals surface area contributed by atoms with E-state index in [0.29, 0.717) is 5.02 Å². The molecule has 0 fully saturated rings. The van der Waals surface area contributed by atoms with Crippen molar-refractivity contribution in [2.75, 3.05) is 5.32 Å². The second-order valence-corrected chi connectivity index (χ2v) is 5.00. The molecule has 0 bridgehead atoms. The molecule has 78 valence electrons. The van der Waals surface area contributed by atoms with Crippen molar-refractivity contribution in [2.45, 2.75) is 13.5 Å². The van der Waals surface area contributed by atoms with Crippen LogP contribution in [-0.4, -0.2) is 4.98 Å². The molecule has 0 radical (unpaired) electrons. The fourth-order valence-electron chi connectivity index (χ4n) is 1.28. The van der Waals surface area contributed by atoms with Gasteiger partial charge in [-0.05, 0) is 25.1 Å². The van der Waals surface area contributed by atoms with Gasteiger partial charge in [-0.15, -0.1) is 11.3 Å². The molecule has 0 saturated heterocycles. The van der Waals surface area contributed by atoms with Crippen LogP contribution >= 0.6 is 22.9 Å². The Morgan fingerprint density at radius 2 is 2.27 bits per heavy atom. The molecule has 15 heavy (non-hydrogen) atoms. The predicted molar refractivity (Wildman–Crippen MR) is 65.6 cm³/mol. The van der Waals surface area contributed by atoms with Gasteiger partial charge in [-0.3, -0.25) is 4.98 Å². The lowest BCUT2D eigenvalue weighted by atomic mass is 10.4. The number of pyridine rings is 1. The molecule has 2 rings (SSSR count). The second kappa shape index (κ2) is 4.64. The van der Waals surface area contributed by atoms with Gasteiger partial charge in [0.25, 0.3) is 0 Å². The van der Waals surface area contributed by atoms with Crippen molar-refractivity contribution in [1.82, 2.24) is 4.98 Å². The third-order valence-electron chi connectivity index (χ3n) is 2.02. The predicted octanol–water partition coefficient (Wildman–Crippen LogP) is 3.72. The van der Waals surface area contributed by atoms with Gasteiger partial charge in [0.05, 0.1) is 10.7 Å². The Morgan fingerprint density at radius 1 is 1.40 bits per heavy atom. The lowest BCUT2D eigenvalue weighted by molar-refractivity contribution is 1.18. The maximum absolute atomic E-state index is 5.97. The van der Waals surface area contributed by atoms with E-state index in [9.17, 15) is 0 Å². The van der Waals surface area contributed by atoms with E-state index in [1.54, 1.807) is 23.7 Å². The van der Waals surface area contributed by atoms with Gasteiger partial charge in [0, 0.05) is 28.7 Å². The third-order valence-corrected chi connectivity index (χ3v) is 3.32. The topological polar surface area (TPSA) is 24.9 Å². The van der Waals surface area contributed by atoms with E-state index in [4.69, 9.17) is 11.6 Å². The standard InChI is InChI=1S/C11H11ClN2S/c1-8-2-3-9(15-8)6-14-11-4-5-13-7-10(11)12/h2-5,7H,6H2,1H3,(H,13,14). The van der Waals surface area contributed by atoms with E-state index >= 15 is 0 Å². The number of hydrogen-bond acceptors (Lipinski definition) is 3. The zero-order valence-corrected chi connectivity index (χ0v) is 9.90. The minimum atomic E-state index is 0.658. The van der Waals surface area contributed by atoms with Gasteiger partial charge < -0.3 is 5.32 Å². The van der Waals surface area contributed by atoms with Crippen molar-refractivity contribution >= 4 is 28.6 Å². The summed E-state index contributed by atoms with van der Waals surface area (Å²) in [5, 5.41) is 3.94. The smallest absolute Gasteiger partial charge is 0.0820 e. The van der Waals surface area contributed by atoms with Crippen LogP contribution in [0, 0.1) is 6.92 Å². The molecule has 0 amide bonds.